The molecule has 0 saturated heterocycles. The lowest BCUT2D eigenvalue weighted by molar-refractivity contribution is 0.102. The summed E-state index contributed by atoms with van der Waals surface area (Å²) >= 11 is 0. The number of hydrogen-bond acceptors (Lipinski definition) is 7. The van der Waals surface area contributed by atoms with Crippen molar-refractivity contribution in [1.29, 1.82) is 0 Å². The fourth-order valence-corrected chi connectivity index (χ4v) is 4.76. The van der Waals surface area contributed by atoms with Crippen molar-refractivity contribution >= 4 is 32.8 Å². The zero-order valence-corrected chi connectivity index (χ0v) is 20.2. The van der Waals surface area contributed by atoms with E-state index in [0.29, 0.717) is 45.0 Å². The molecular formula is C26H23FN4O4S. The third kappa shape index (κ3) is 4.90. The van der Waals surface area contributed by atoms with E-state index in [0.717, 1.165) is 18.4 Å². The van der Waals surface area contributed by atoms with Crippen LogP contribution in [0.4, 0.5) is 21.5 Å². The minimum Gasteiger partial charge on any atom is -0.397 e. The Bertz CT molecular complexity index is 1570. The van der Waals surface area contributed by atoms with Crippen molar-refractivity contribution in [1.82, 2.24) is 4.98 Å². The number of nitrogen functional groups attached to an aromatic ring is 1. The second-order valence-electron chi connectivity index (χ2n) is 8.15. The van der Waals surface area contributed by atoms with Gasteiger partial charge in [-0.05, 0) is 66.6 Å². The van der Waals surface area contributed by atoms with E-state index in [2.05, 4.69) is 10.3 Å². The molecule has 0 unspecified atom stereocenters. The minimum absolute atomic E-state index is 0.0118. The molecule has 5 N–H and O–H groups in total. The third-order valence-corrected chi connectivity index (χ3v) is 6.89. The molecule has 0 bridgehead atoms. The number of nitrogens with zero attached hydrogens (tertiary/aromatic N) is 1. The van der Waals surface area contributed by atoms with Gasteiger partial charge in [-0.2, -0.15) is 0 Å². The van der Waals surface area contributed by atoms with E-state index in [4.69, 9.17) is 5.73 Å². The Morgan fingerprint density at radius 1 is 1.03 bits per heavy atom. The molecule has 10 heteroatoms. The van der Waals surface area contributed by atoms with E-state index in [9.17, 15) is 22.8 Å². The molecule has 0 spiro atoms. The van der Waals surface area contributed by atoms with Gasteiger partial charge in [0.25, 0.3) is 5.91 Å². The molecule has 0 aliphatic heterocycles. The lowest BCUT2D eigenvalue weighted by Crippen LogP contribution is -2.14. The smallest absolute Gasteiger partial charge is 0.257 e. The van der Waals surface area contributed by atoms with Crippen molar-refractivity contribution in [3.05, 3.63) is 89.9 Å². The molecule has 0 fully saturated rings. The molecule has 0 aliphatic carbocycles. The molecule has 0 saturated carbocycles. The Morgan fingerprint density at radius 3 is 2.42 bits per heavy atom. The van der Waals surface area contributed by atoms with Crippen LogP contribution in [-0.2, 0) is 9.84 Å². The van der Waals surface area contributed by atoms with Crippen LogP contribution in [0, 0.1) is 12.7 Å². The van der Waals surface area contributed by atoms with E-state index in [-0.39, 0.29) is 10.5 Å². The van der Waals surface area contributed by atoms with Gasteiger partial charge in [-0.1, -0.05) is 18.2 Å². The number of nitrogens with two attached hydrogens (primary N) is 1. The van der Waals surface area contributed by atoms with Crippen LogP contribution in [0.1, 0.15) is 15.9 Å². The highest BCUT2D eigenvalue weighted by Crippen LogP contribution is 2.33. The Hall–Kier alpha value is -4.28. The number of anilines is 3. The maximum atomic E-state index is 13.9. The molecule has 1 amide bonds. The fraction of sp³-hybridized carbons (Fsp3) is 0.0769. The molecule has 1 aromatic heterocycles. The quantitative estimate of drug-likeness (QED) is 0.166. The van der Waals surface area contributed by atoms with Gasteiger partial charge >= 0.3 is 0 Å². The van der Waals surface area contributed by atoms with Crippen molar-refractivity contribution in [3.8, 4) is 22.4 Å². The third-order valence-electron chi connectivity index (χ3n) is 5.74. The number of nitrogens with one attached hydrogen (secondary N) is 2. The first-order chi connectivity index (χ1) is 17.1. The summed E-state index contributed by atoms with van der Waals surface area (Å²) in [5.41, 5.74) is 11.9. The monoisotopic (exact) mass is 506 g/mol. The topological polar surface area (TPSA) is 134 Å². The number of rotatable bonds is 6. The molecule has 4 aromatic rings. The highest BCUT2D eigenvalue weighted by atomic mass is 32.2. The second kappa shape index (κ2) is 9.76. The summed E-state index contributed by atoms with van der Waals surface area (Å²) in [7, 11) is -3.58. The number of amides is 1. The average molecular weight is 507 g/mol. The van der Waals surface area contributed by atoms with Crippen LogP contribution in [-0.4, -0.2) is 30.8 Å². The SMILES string of the molecule is Cc1c(-c2ncccc2C(=O)Nc2ccc(-c3cc(F)ccc3S(C)(=O)=O)cc2)ccc(NO)c1N. The lowest BCUT2D eigenvalue weighted by Gasteiger charge is -2.15. The number of hydrogen-bond donors (Lipinski definition) is 4. The van der Waals surface area contributed by atoms with E-state index in [1.165, 1.54) is 6.07 Å². The van der Waals surface area contributed by atoms with Crippen LogP contribution < -0.4 is 16.5 Å². The summed E-state index contributed by atoms with van der Waals surface area (Å²) < 4.78 is 38.1. The standard InChI is InChI=1S/C26H23FN4O4S/c1-15-19(10-11-22(31-33)24(15)28)25-20(4-3-13-29-25)26(32)30-18-8-5-16(6-9-18)21-14-17(27)7-12-23(21)36(2,34)35/h3-14,31,33H,28H2,1-2H3,(H,30,32). The summed E-state index contributed by atoms with van der Waals surface area (Å²) in [6.45, 7) is 1.76. The Morgan fingerprint density at radius 2 is 1.75 bits per heavy atom. The number of benzene rings is 3. The normalized spacial score (nSPS) is 11.2. The average Bonchev–Trinajstić information content (AvgIpc) is 2.85. The Kier molecular flexibility index (Phi) is 6.73. The van der Waals surface area contributed by atoms with Crippen molar-refractivity contribution in [2.75, 3.05) is 22.8 Å². The molecule has 0 aliphatic rings. The van der Waals surface area contributed by atoms with Crippen molar-refractivity contribution < 1.29 is 22.8 Å². The summed E-state index contributed by atoms with van der Waals surface area (Å²) in [5.74, 6) is -0.978. The molecule has 36 heavy (non-hydrogen) atoms. The van der Waals surface area contributed by atoms with Crippen LogP contribution in [0.15, 0.2) is 77.8 Å². The number of halogens is 1. The summed E-state index contributed by atoms with van der Waals surface area (Å²) in [6, 6.07) is 16.5. The van der Waals surface area contributed by atoms with Gasteiger partial charge in [0.05, 0.1) is 27.5 Å². The summed E-state index contributed by atoms with van der Waals surface area (Å²) in [5, 5.41) is 12.0. The van der Waals surface area contributed by atoms with Gasteiger partial charge in [-0.15, -0.1) is 0 Å². The molecule has 8 nitrogen and oxygen atoms in total. The van der Waals surface area contributed by atoms with E-state index in [1.54, 1.807) is 61.7 Å². The predicted molar refractivity (Wildman–Crippen MR) is 137 cm³/mol. The number of aromatic nitrogens is 1. The second-order valence-corrected chi connectivity index (χ2v) is 10.1. The van der Waals surface area contributed by atoms with Gasteiger partial charge < -0.3 is 11.1 Å². The minimum atomic E-state index is -3.58. The number of carbonyl (C=O) groups excluding carboxylic acids is 1. The maximum Gasteiger partial charge on any atom is 0.257 e. The van der Waals surface area contributed by atoms with E-state index < -0.39 is 21.6 Å². The van der Waals surface area contributed by atoms with E-state index >= 15 is 0 Å². The van der Waals surface area contributed by atoms with Gasteiger partial charge in [-0.25, -0.2) is 12.8 Å². The zero-order valence-electron chi connectivity index (χ0n) is 19.4. The van der Waals surface area contributed by atoms with Gasteiger partial charge in [0, 0.05) is 29.3 Å². The first kappa shape index (κ1) is 24.8. The first-order valence-electron chi connectivity index (χ1n) is 10.8. The van der Waals surface area contributed by atoms with Crippen LogP contribution in [0.25, 0.3) is 22.4 Å². The molecular weight excluding hydrogens is 483 g/mol. The van der Waals surface area contributed by atoms with Crippen molar-refractivity contribution in [2.45, 2.75) is 11.8 Å². The number of carbonyl (C=O) groups is 1. The Labute approximate surface area is 207 Å². The van der Waals surface area contributed by atoms with Crippen LogP contribution in [0.2, 0.25) is 0 Å². The zero-order chi connectivity index (χ0) is 26.0. The molecule has 3 aromatic carbocycles. The summed E-state index contributed by atoms with van der Waals surface area (Å²) in [6.07, 6.45) is 2.63. The predicted octanol–water partition coefficient (Wildman–Crippen LogP) is 4.90. The van der Waals surface area contributed by atoms with Gasteiger partial charge in [0.15, 0.2) is 9.84 Å². The lowest BCUT2D eigenvalue weighted by atomic mass is 9.98. The van der Waals surface area contributed by atoms with Crippen molar-refractivity contribution in [2.24, 2.45) is 0 Å². The summed E-state index contributed by atoms with van der Waals surface area (Å²) in [4.78, 5) is 17.5. The van der Waals surface area contributed by atoms with Gasteiger partial charge in [-0.3, -0.25) is 20.5 Å². The molecule has 184 valence electrons. The first-order valence-corrected chi connectivity index (χ1v) is 12.6. The van der Waals surface area contributed by atoms with Crippen LogP contribution >= 0.6 is 0 Å². The highest BCUT2D eigenvalue weighted by molar-refractivity contribution is 7.90. The van der Waals surface area contributed by atoms with Crippen LogP contribution in [0.3, 0.4) is 0 Å². The largest absolute Gasteiger partial charge is 0.397 e. The molecule has 0 atom stereocenters. The highest BCUT2D eigenvalue weighted by Gasteiger charge is 2.19. The Balaban J connectivity index is 1.64. The van der Waals surface area contributed by atoms with E-state index in [1.807, 2.05) is 5.48 Å². The van der Waals surface area contributed by atoms with Crippen LogP contribution in [0.5, 0.6) is 0 Å². The molecule has 4 rings (SSSR count). The fourth-order valence-electron chi connectivity index (χ4n) is 3.87. The maximum absolute atomic E-state index is 13.9. The van der Waals surface area contributed by atoms with Crippen molar-refractivity contribution in [3.63, 3.8) is 0 Å². The molecule has 0 radical (unpaired) electrons. The van der Waals surface area contributed by atoms with Gasteiger partial charge in [0.2, 0.25) is 0 Å². The number of sulfone groups is 1. The molecule has 1 heterocycles. The van der Waals surface area contributed by atoms with Gasteiger partial charge in [0.1, 0.15) is 5.82 Å². The number of pyridine rings is 1.